The van der Waals surface area contributed by atoms with Gasteiger partial charge in [-0.3, -0.25) is 4.79 Å². The van der Waals surface area contributed by atoms with Crippen LogP contribution < -0.4 is 16.4 Å². The molecule has 0 bridgehead atoms. The fourth-order valence-electron chi connectivity index (χ4n) is 6.36. The van der Waals surface area contributed by atoms with Crippen molar-refractivity contribution in [3.8, 4) is 0 Å². The molecular formula is C35H42F4N4O4S. The fraction of sp³-hybridized carbons (Fsp3) is 0.457. The first-order chi connectivity index (χ1) is 22.8. The lowest BCUT2D eigenvalue weighted by Gasteiger charge is -2.41. The number of carbonyl (C=O) groups excluding carboxylic acids is 1. The van der Waals surface area contributed by atoms with Crippen molar-refractivity contribution in [1.29, 1.82) is 0 Å². The topological polar surface area (TPSA) is 114 Å². The molecule has 1 aliphatic heterocycles. The summed E-state index contributed by atoms with van der Waals surface area (Å²) in [5.41, 5.74) is 7.23. The van der Waals surface area contributed by atoms with Crippen molar-refractivity contribution in [2.45, 2.75) is 81.3 Å². The van der Waals surface area contributed by atoms with Crippen LogP contribution in [0.2, 0.25) is 0 Å². The first kappa shape index (κ1) is 35.9. The van der Waals surface area contributed by atoms with Gasteiger partial charge in [0, 0.05) is 42.4 Å². The second-order valence-electron chi connectivity index (χ2n) is 12.8. The normalized spacial score (nSPS) is 20.1. The van der Waals surface area contributed by atoms with Gasteiger partial charge in [0.05, 0.1) is 30.0 Å². The van der Waals surface area contributed by atoms with Crippen LogP contribution in [0.3, 0.4) is 0 Å². The highest BCUT2D eigenvalue weighted by Gasteiger charge is 2.47. The van der Waals surface area contributed by atoms with Crippen molar-refractivity contribution >= 4 is 21.6 Å². The number of anilines is 1. The minimum Gasteiger partial charge on any atom is -0.377 e. The first-order valence-electron chi connectivity index (χ1n) is 16.2. The second-order valence-corrected chi connectivity index (χ2v) is 14.9. The van der Waals surface area contributed by atoms with Gasteiger partial charge >= 0.3 is 0 Å². The molecule has 1 saturated heterocycles. The number of benzene rings is 3. The number of carbonyl (C=O) groups is 1. The molecule has 1 heterocycles. The predicted octanol–water partition coefficient (Wildman–Crippen LogP) is 5.22. The van der Waals surface area contributed by atoms with Crippen LogP contribution in [0.4, 0.5) is 23.2 Å². The van der Waals surface area contributed by atoms with E-state index >= 15 is 4.39 Å². The molecule has 8 nitrogen and oxygen atoms in total. The first-order valence-corrected chi connectivity index (χ1v) is 17.8. The molecule has 1 amide bonds. The van der Waals surface area contributed by atoms with E-state index in [2.05, 4.69) is 10.6 Å². The summed E-state index contributed by atoms with van der Waals surface area (Å²) >= 11 is 0. The second kappa shape index (κ2) is 15.5. The average Bonchev–Trinajstić information content (AvgIpc) is 3.88. The number of nitrogens with one attached hydrogen (secondary N) is 2. The Bertz CT molecular complexity index is 1670. The number of rotatable bonds is 14. The molecule has 1 saturated carbocycles. The monoisotopic (exact) mass is 690 g/mol. The van der Waals surface area contributed by atoms with Gasteiger partial charge in [0.1, 0.15) is 23.3 Å². The van der Waals surface area contributed by atoms with Crippen LogP contribution in [0.25, 0.3) is 0 Å². The molecule has 48 heavy (non-hydrogen) atoms. The predicted molar refractivity (Wildman–Crippen MR) is 176 cm³/mol. The van der Waals surface area contributed by atoms with Crippen molar-refractivity contribution in [1.82, 2.24) is 9.62 Å². The van der Waals surface area contributed by atoms with E-state index in [1.807, 2.05) is 13.8 Å². The third kappa shape index (κ3) is 8.61. The zero-order chi connectivity index (χ0) is 34.6. The van der Waals surface area contributed by atoms with Gasteiger partial charge in [-0.15, -0.1) is 0 Å². The third-order valence-corrected chi connectivity index (χ3v) is 11.3. The fourth-order valence-corrected chi connectivity index (χ4v) is 8.58. The quantitative estimate of drug-likeness (QED) is 0.200. The maximum absolute atomic E-state index is 15.3. The number of sulfonamides is 1. The zero-order valence-electron chi connectivity index (χ0n) is 27.0. The molecular weight excluding hydrogens is 648 g/mol. The van der Waals surface area contributed by atoms with E-state index < -0.39 is 51.2 Å². The molecule has 0 radical (unpaired) electrons. The minimum atomic E-state index is -3.53. The van der Waals surface area contributed by atoms with Gasteiger partial charge in [0.2, 0.25) is 15.9 Å². The smallest absolute Gasteiger partial charge is 0.242 e. The third-order valence-electron chi connectivity index (χ3n) is 8.82. The lowest BCUT2D eigenvalue weighted by molar-refractivity contribution is -0.117. The number of amides is 1. The Morgan fingerprint density at radius 1 is 0.958 bits per heavy atom. The Morgan fingerprint density at radius 2 is 1.62 bits per heavy atom. The van der Waals surface area contributed by atoms with Crippen LogP contribution in [0.15, 0.2) is 60.7 Å². The summed E-state index contributed by atoms with van der Waals surface area (Å²) in [6.07, 6.45) is 2.25. The molecule has 2 fully saturated rings. The van der Waals surface area contributed by atoms with Crippen molar-refractivity contribution in [3.05, 3.63) is 101 Å². The highest BCUT2D eigenvalue weighted by atomic mass is 32.2. The van der Waals surface area contributed by atoms with E-state index in [1.165, 1.54) is 30.3 Å². The minimum absolute atomic E-state index is 0.0559. The van der Waals surface area contributed by atoms with Crippen LogP contribution in [-0.4, -0.2) is 67.8 Å². The van der Waals surface area contributed by atoms with Crippen molar-refractivity contribution in [3.63, 3.8) is 0 Å². The number of halogens is 4. The van der Waals surface area contributed by atoms with E-state index in [9.17, 15) is 26.4 Å². The summed E-state index contributed by atoms with van der Waals surface area (Å²) in [7, 11) is -3.53. The largest absolute Gasteiger partial charge is 0.377 e. The average molecular weight is 691 g/mol. The summed E-state index contributed by atoms with van der Waals surface area (Å²) in [5.74, 6) is -4.64. The summed E-state index contributed by atoms with van der Waals surface area (Å²) < 4.78 is 91.9. The molecule has 1 unspecified atom stereocenters. The van der Waals surface area contributed by atoms with Gasteiger partial charge in [-0.05, 0) is 93.5 Å². The van der Waals surface area contributed by atoms with E-state index in [0.29, 0.717) is 50.4 Å². The molecule has 2 aliphatic rings. The van der Waals surface area contributed by atoms with Gasteiger partial charge in [-0.1, -0.05) is 18.2 Å². The van der Waals surface area contributed by atoms with Crippen molar-refractivity contribution in [2.24, 2.45) is 5.73 Å². The van der Waals surface area contributed by atoms with Gasteiger partial charge in [-0.25, -0.2) is 26.0 Å². The van der Waals surface area contributed by atoms with E-state index in [1.54, 1.807) is 4.31 Å². The lowest BCUT2D eigenvalue weighted by Crippen LogP contribution is -2.61. The summed E-state index contributed by atoms with van der Waals surface area (Å²) in [6, 6.07) is 10.0. The Morgan fingerprint density at radius 3 is 2.27 bits per heavy atom. The van der Waals surface area contributed by atoms with Crippen LogP contribution in [0.1, 0.15) is 62.1 Å². The molecule has 3 aromatic rings. The number of hydrogen-bond donors (Lipinski definition) is 3. The highest BCUT2D eigenvalue weighted by molar-refractivity contribution is 7.90. The molecule has 1 aliphatic carbocycles. The van der Waals surface area contributed by atoms with Gasteiger partial charge < -0.3 is 21.1 Å². The molecule has 5 rings (SSSR count). The lowest BCUT2D eigenvalue weighted by atomic mass is 9.84. The summed E-state index contributed by atoms with van der Waals surface area (Å²) in [6.45, 7) is 4.98. The molecule has 0 spiro atoms. The Balaban J connectivity index is 1.32. The number of ether oxygens (including phenoxy) is 1. The molecule has 4 atom stereocenters. The number of nitrogens with zero attached hydrogens (tertiary/aromatic N) is 1. The Labute approximate surface area is 279 Å². The number of hydrogen-bond acceptors (Lipinski definition) is 6. The molecule has 3 aromatic carbocycles. The van der Waals surface area contributed by atoms with Crippen LogP contribution >= 0.6 is 0 Å². The summed E-state index contributed by atoms with van der Waals surface area (Å²) in [4.78, 5) is 13.6. The Hall–Kier alpha value is -3.36. The maximum atomic E-state index is 15.3. The van der Waals surface area contributed by atoms with Crippen molar-refractivity contribution < 1.29 is 35.5 Å². The zero-order valence-corrected chi connectivity index (χ0v) is 27.8. The molecule has 0 aromatic heterocycles. The van der Waals surface area contributed by atoms with Crippen LogP contribution in [0.5, 0.6) is 0 Å². The number of piperazine rings is 1. The maximum Gasteiger partial charge on any atom is 0.242 e. The van der Waals surface area contributed by atoms with Gasteiger partial charge in [0.25, 0.3) is 0 Å². The molecule has 13 heteroatoms. The molecule has 260 valence electrons. The van der Waals surface area contributed by atoms with Gasteiger partial charge in [-0.2, -0.15) is 4.31 Å². The van der Waals surface area contributed by atoms with Crippen LogP contribution in [-0.2, 0) is 26.0 Å². The van der Waals surface area contributed by atoms with E-state index in [4.69, 9.17) is 10.5 Å². The van der Waals surface area contributed by atoms with Crippen molar-refractivity contribution in [2.75, 3.05) is 25.0 Å². The van der Waals surface area contributed by atoms with Gasteiger partial charge in [0.15, 0.2) is 0 Å². The summed E-state index contributed by atoms with van der Waals surface area (Å²) in [5, 5.41) is 5.63. The van der Waals surface area contributed by atoms with E-state index in [0.717, 1.165) is 24.3 Å². The van der Waals surface area contributed by atoms with Crippen LogP contribution in [0, 0.1) is 23.3 Å². The standard InChI is InChI=1S/C35H42F4N4O4S/c1-21(2)47-20-28-19-41-18-27(43(28)48(45,46)29-13-14-29)5-3-6-30-31(39)7-4-8-32(30)42-35(44)34(40)33(22-9-11-24(36)12-10-22)23-15-25(37)17-26(38)16-23/h4,7-12,15-17,21,27-29,33-34,41H,3,5-6,13-14,18-20,40H2,1-2H3,(H,42,44)/t27-,28?,33-,34-/m0/s1. The molecule has 4 N–H and O–H groups in total. The Kier molecular flexibility index (Phi) is 11.6. The van der Waals surface area contributed by atoms with E-state index in [-0.39, 0.29) is 53.3 Å². The highest BCUT2D eigenvalue weighted by Crippen LogP contribution is 2.35. The SMILES string of the molecule is CC(C)OCC1CNC[C@H](CCCc2c(F)cccc2NC(=O)[C@@H](N)[C@@H](c2ccc(F)cc2)c2cc(F)cc(F)c2)N1S(=O)(=O)C1CC1. The number of nitrogens with two attached hydrogens (primary N) is 1.